The van der Waals surface area contributed by atoms with E-state index in [1.165, 1.54) is 12.1 Å². The van der Waals surface area contributed by atoms with Gasteiger partial charge in [-0.3, -0.25) is 14.9 Å². The Morgan fingerprint density at radius 3 is 2.56 bits per heavy atom. The molecule has 1 atom stereocenters. The number of nitro groups is 1. The predicted octanol–water partition coefficient (Wildman–Crippen LogP) is 1.63. The molecule has 1 heterocycles. The Morgan fingerprint density at radius 2 is 2.11 bits per heavy atom. The number of carboxylic acid groups (broad SMARTS) is 1. The SMILES string of the molecule is O=C(O)C1(Cc2ccc([N+](=O)[O-])cc2)CCOC1. The van der Waals surface area contributed by atoms with Crippen LogP contribution in [-0.2, 0) is 16.0 Å². The second-order valence-corrected chi connectivity index (χ2v) is 4.49. The summed E-state index contributed by atoms with van der Waals surface area (Å²) in [7, 11) is 0. The van der Waals surface area contributed by atoms with Gasteiger partial charge >= 0.3 is 5.97 Å². The maximum atomic E-state index is 11.3. The number of benzene rings is 1. The van der Waals surface area contributed by atoms with Crippen molar-refractivity contribution in [2.24, 2.45) is 5.41 Å². The van der Waals surface area contributed by atoms with Crippen molar-refractivity contribution in [3.63, 3.8) is 0 Å². The maximum Gasteiger partial charge on any atom is 0.312 e. The third kappa shape index (κ3) is 2.33. The fraction of sp³-hybridized carbons (Fsp3) is 0.417. The fourth-order valence-corrected chi connectivity index (χ4v) is 2.12. The molecule has 6 nitrogen and oxygen atoms in total. The Kier molecular flexibility index (Phi) is 3.29. The highest BCUT2D eigenvalue weighted by molar-refractivity contribution is 5.75. The van der Waals surface area contributed by atoms with Gasteiger partial charge in [-0.2, -0.15) is 0 Å². The van der Waals surface area contributed by atoms with Gasteiger partial charge in [0.2, 0.25) is 0 Å². The van der Waals surface area contributed by atoms with E-state index in [4.69, 9.17) is 4.74 Å². The fourth-order valence-electron chi connectivity index (χ4n) is 2.12. The molecule has 1 aliphatic rings. The summed E-state index contributed by atoms with van der Waals surface area (Å²) >= 11 is 0. The van der Waals surface area contributed by atoms with Crippen molar-refractivity contribution in [2.45, 2.75) is 12.8 Å². The van der Waals surface area contributed by atoms with Gasteiger partial charge in [-0.1, -0.05) is 12.1 Å². The largest absolute Gasteiger partial charge is 0.481 e. The first-order valence-corrected chi connectivity index (χ1v) is 5.58. The number of hydrogen-bond acceptors (Lipinski definition) is 4. The van der Waals surface area contributed by atoms with Gasteiger partial charge in [0.1, 0.15) is 0 Å². The molecule has 96 valence electrons. The zero-order valence-electron chi connectivity index (χ0n) is 9.67. The first-order chi connectivity index (χ1) is 8.53. The standard InChI is InChI=1S/C12H13NO5/c14-11(15)12(5-6-18-8-12)7-9-1-3-10(4-2-9)13(16)17/h1-4H,5-8H2,(H,14,15). The minimum absolute atomic E-state index is 0.00537. The van der Waals surface area contributed by atoms with Crippen molar-refractivity contribution in [2.75, 3.05) is 13.2 Å². The zero-order valence-corrected chi connectivity index (χ0v) is 9.67. The van der Waals surface area contributed by atoms with Gasteiger partial charge in [0.05, 0.1) is 16.9 Å². The summed E-state index contributed by atoms with van der Waals surface area (Å²) in [5, 5.41) is 19.8. The summed E-state index contributed by atoms with van der Waals surface area (Å²) in [6.07, 6.45) is 0.805. The Hall–Kier alpha value is -1.95. The lowest BCUT2D eigenvalue weighted by atomic mass is 9.81. The molecule has 0 aliphatic carbocycles. The van der Waals surface area contributed by atoms with Crippen LogP contribution < -0.4 is 0 Å². The van der Waals surface area contributed by atoms with Crippen LogP contribution >= 0.6 is 0 Å². The Labute approximate surface area is 103 Å². The molecule has 0 saturated carbocycles. The van der Waals surface area contributed by atoms with Gasteiger partial charge < -0.3 is 9.84 Å². The number of hydrogen-bond donors (Lipinski definition) is 1. The van der Waals surface area contributed by atoms with E-state index in [1.54, 1.807) is 12.1 Å². The molecule has 0 bridgehead atoms. The van der Waals surface area contributed by atoms with E-state index in [0.717, 1.165) is 5.56 Å². The molecule has 1 aromatic carbocycles. The van der Waals surface area contributed by atoms with E-state index < -0.39 is 16.3 Å². The van der Waals surface area contributed by atoms with Gasteiger partial charge in [-0.15, -0.1) is 0 Å². The van der Waals surface area contributed by atoms with E-state index in [2.05, 4.69) is 0 Å². The first kappa shape index (κ1) is 12.5. The number of carboxylic acids is 1. The normalized spacial score (nSPS) is 22.9. The molecule has 0 spiro atoms. The molecule has 18 heavy (non-hydrogen) atoms. The highest BCUT2D eigenvalue weighted by Crippen LogP contribution is 2.33. The molecule has 1 unspecified atom stereocenters. The van der Waals surface area contributed by atoms with Gasteiger partial charge in [0.15, 0.2) is 0 Å². The summed E-state index contributed by atoms with van der Waals surface area (Å²) in [5.41, 5.74) is -0.116. The second-order valence-electron chi connectivity index (χ2n) is 4.49. The van der Waals surface area contributed by atoms with Crippen LogP contribution in [0.15, 0.2) is 24.3 Å². The lowest BCUT2D eigenvalue weighted by Gasteiger charge is -2.21. The van der Waals surface area contributed by atoms with E-state index in [1.807, 2.05) is 0 Å². The van der Waals surface area contributed by atoms with Crippen LogP contribution in [0, 0.1) is 15.5 Å². The van der Waals surface area contributed by atoms with Gasteiger partial charge in [-0.25, -0.2) is 0 Å². The molecule has 1 fully saturated rings. The third-order valence-electron chi connectivity index (χ3n) is 3.25. The predicted molar refractivity (Wildman–Crippen MR) is 62.3 cm³/mol. The molecule has 2 rings (SSSR count). The average Bonchev–Trinajstić information content (AvgIpc) is 2.79. The third-order valence-corrected chi connectivity index (χ3v) is 3.25. The number of nitrogens with zero attached hydrogens (tertiary/aromatic N) is 1. The van der Waals surface area contributed by atoms with Gasteiger partial charge in [0, 0.05) is 18.7 Å². The van der Waals surface area contributed by atoms with E-state index in [0.29, 0.717) is 19.4 Å². The topological polar surface area (TPSA) is 89.7 Å². The van der Waals surface area contributed by atoms with E-state index in [9.17, 15) is 20.0 Å². The molecular weight excluding hydrogens is 238 g/mol. The van der Waals surface area contributed by atoms with Crippen molar-refractivity contribution in [3.8, 4) is 0 Å². The quantitative estimate of drug-likeness (QED) is 0.648. The number of ether oxygens (including phenoxy) is 1. The molecule has 6 heteroatoms. The summed E-state index contributed by atoms with van der Waals surface area (Å²) in [4.78, 5) is 21.4. The van der Waals surface area contributed by atoms with Gasteiger partial charge in [-0.05, 0) is 18.4 Å². The van der Waals surface area contributed by atoms with Crippen LogP contribution in [0.25, 0.3) is 0 Å². The summed E-state index contributed by atoms with van der Waals surface area (Å²) in [6.45, 7) is 0.638. The molecule has 1 saturated heterocycles. The van der Waals surface area contributed by atoms with Crippen molar-refractivity contribution >= 4 is 11.7 Å². The summed E-state index contributed by atoms with van der Waals surface area (Å²) in [5.74, 6) is -0.877. The minimum Gasteiger partial charge on any atom is -0.481 e. The number of nitro benzene ring substituents is 1. The van der Waals surface area contributed by atoms with Crippen LogP contribution in [0.3, 0.4) is 0 Å². The summed E-state index contributed by atoms with van der Waals surface area (Å²) in [6, 6.07) is 5.98. The number of non-ortho nitro benzene ring substituents is 1. The van der Waals surface area contributed by atoms with Crippen molar-refractivity contribution < 1.29 is 19.6 Å². The number of aliphatic carboxylic acids is 1. The van der Waals surface area contributed by atoms with Gasteiger partial charge in [0.25, 0.3) is 5.69 Å². The molecule has 0 aromatic heterocycles. The van der Waals surface area contributed by atoms with Crippen LogP contribution in [0.5, 0.6) is 0 Å². The molecule has 0 radical (unpaired) electrons. The van der Waals surface area contributed by atoms with Crippen LogP contribution in [0.4, 0.5) is 5.69 Å². The molecule has 1 aromatic rings. The van der Waals surface area contributed by atoms with Crippen molar-refractivity contribution in [3.05, 3.63) is 39.9 Å². The average molecular weight is 251 g/mol. The number of carbonyl (C=O) groups is 1. The molecular formula is C12H13NO5. The first-order valence-electron chi connectivity index (χ1n) is 5.58. The van der Waals surface area contributed by atoms with E-state index >= 15 is 0 Å². The van der Waals surface area contributed by atoms with Crippen LogP contribution in [0.1, 0.15) is 12.0 Å². The molecule has 1 aliphatic heterocycles. The zero-order chi connectivity index (χ0) is 13.2. The monoisotopic (exact) mass is 251 g/mol. The lowest BCUT2D eigenvalue weighted by molar-refractivity contribution is -0.384. The Balaban J connectivity index is 2.17. The van der Waals surface area contributed by atoms with Crippen LogP contribution in [-0.4, -0.2) is 29.2 Å². The Morgan fingerprint density at radius 1 is 1.44 bits per heavy atom. The van der Waals surface area contributed by atoms with E-state index in [-0.39, 0.29) is 12.3 Å². The second kappa shape index (κ2) is 4.73. The van der Waals surface area contributed by atoms with Crippen molar-refractivity contribution in [1.82, 2.24) is 0 Å². The highest BCUT2D eigenvalue weighted by atomic mass is 16.6. The van der Waals surface area contributed by atoms with Crippen molar-refractivity contribution in [1.29, 1.82) is 0 Å². The lowest BCUT2D eigenvalue weighted by Crippen LogP contribution is -2.33. The smallest absolute Gasteiger partial charge is 0.312 e. The number of rotatable bonds is 4. The Bertz CT molecular complexity index is 462. The highest BCUT2D eigenvalue weighted by Gasteiger charge is 2.42. The minimum atomic E-state index is -0.893. The molecule has 1 N–H and O–H groups in total. The maximum absolute atomic E-state index is 11.3. The summed E-state index contributed by atoms with van der Waals surface area (Å²) < 4.78 is 5.17. The molecule has 0 amide bonds. The van der Waals surface area contributed by atoms with Crippen LogP contribution in [0.2, 0.25) is 0 Å².